The van der Waals surface area contributed by atoms with Gasteiger partial charge in [-0.3, -0.25) is 10.00 Å². The number of hydrogen-bond acceptors (Lipinski definition) is 5. The first-order valence-corrected chi connectivity index (χ1v) is 8.78. The van der Waals surface area contributed by atoms with E-state index in [1.54, 1.807) is 0 Å². The molecule has 130 valence electrons. The molecule has 0 bridgehead atoms. The molecule has 6 nitrogen and oxygen atoms in total. The lowest BCUT2D eigenvalue weighted by molar-refractivity contribution is -0.0351. The zero-order valence-electron chi connectivity index (χ0n) is 14.3. The Balaban J connectivity index is 1.41. The van der Waals surface area contributed by atoms with E-state index in [1.165, 1.54) is 0 Å². The van der Waals surface area contributed by atoms with Crippen molar-refractivity contribution in [3.8, 4) is 5.75 Å². The summed E-state index contributed by atoms with van der Waals surface area (Å²) in [7, 11) is 0. The summed E-state index contributed by atoms with van der Waals surface area (Å²) in [6, 6.07) is 9.96. The topological polar surface area (TPSA) is 63.3 Å². The zero-order valence-corrected chi connectivity index (χ0v) is 14.3. The average molecular weight is 330 g/mol. The second-order valence-corrected chi connectivity index (χ2v) is 6.07. The molecular formula is C18H26N4O2. The van der Waals surface area contributed by atoms with Crippen LogP contribution in [0.4, 0.5) is 0 Å². The number of aryl methyl sites for hydroxylation is 1. The monoisotopic (exact) mass is 330 g/mol. The molecule has 2 aromatic rings. The molecule has 0 saturated carbocycles. The Labute approximate surface area is 143 Å². The van der Waals surface area contributed by atoms with Gasteiger partial charge in [0.15, 0.2) is 5.82 Å². The minimum Gasteiger partial charge on any atom is -0.494 e. The molecule has 1 aromatic carbocycles. The van der Waals surface area contributed by atoms with Crippen molar-refractivity contribution in [3.63, 3.8) is 0 Å². The number of aromatic nitrogens is 3. The van der Waals surface area contributed by atoms with Gasteiger partial charge in [0.25, 0.3) is 0 Å². The van der Waals surface area contributed by atoms with E-state index in [1.807, 2.05) is 30.3 Å². The Bertz CT molecular complexity index is 602. The molecule has 0 amide bonds. The molecular weight excluding hydrogens is 304 g/mol. The van der Waals surface area contributed by atoms with Crippen molar-refractivity contribution in [2.75, 3.05) is 32.8 Å². The SMILES string of the molecule is CCCc1nc([C@H]2CN(CCCOc3ccccc3)CCO2)n[nH]1. The molecule has 3 rings (SSSR count). The molecule has 1 saturated heterocycles. The third kappa shape index (κ3) is 4.79. The van der Waals surface area contributed by atoms with Gasteiger partial charge >= 0.3 is 0 Å². The van der Waals surface area contributed by atoms with Gasteiger partial charge in [0.05, 0.1) is 13.2 Å². The fourth-order valence-electron chi connectivity index (χ4n) is 2.86. The molecule has 0 radical (unpaired) electrons. The van der Waals surface area contributed by atoms with Crippen molar-refractivity contribution in [1.29, 1.82) is 0 Å². The fourth-order valence-corrected chi connectivity index (χ4v) is 2.86. The number of nitrogens with zero attached hydrogens (tertiary/aromatic N) is 3. The third-order valence-corrected chi connectivity index (χ3v) is 4.10. The second-order valence-electron chi connectivity index (χ2n) is 6.07. The quantitative estimate of drug-likeness (QED) is 0.754. The van der Waals surface area contributed by atoms with Crippen LogP contribution in [0.5, 0.6) is 5.75 Å². The molecule has 0 spiro atoms. The van der Waals surface area contributed by atoms with Gasteiger partial charge in [-0.2, -0.15) is 5.10 Å². The van der Waals surface area contributed by atoms with Crippen LogP contribution in [-0.4, -0.2) is 52.9 Å². The lowest BCUT2D eigenvalue weighted by Crippen LogP contribution is -2.39. The number of ether oxygens (including phenoxy) is 2. The van der Waals surface area contributed by atoms with Gasteiger partial charge in [-0.1, -0.05) is 25.1 Å². The number of morpholine rings is 1. The van der Waals surface area contributed by atoms with Crippen LogP contribution in [0.1, 0.15) is 37.5 Å². The third-order valence-electron chi connectivity index (χ3n) is 4.10. The van der Waals surface area contributed by atoms with E-state index in [2.05, 4.69) is 27.0 Å². The van der Waals surface area contributed by atoms with E-state index in [9.17, 15) is 0 Å². The van der Waals surface area contributed by atoms with Crippen molar-refractivity contribution >= 4 is 0 Å². The van der Waals surface area contributed by atoms with E-state index in [-0.39, 0.29) is 6.10 Å². The number of aromatic amines is 1. The molecule has 1 N–H and O–H groups in total. The lowest BCUT2D eigenvalue weighted by atomic mass is 10.2. The first-order valence-electron chi connectivity index (χ1n) is 8.78. The largest absolute Gasteiger partial charge is 0.494 e. The Morgan fingerprint density at radius 3 is 3.04 bits per heavy atom. The summed E-state index contributed by atoms with van der Waals surface area (Å²) < 4.78 is 11.6. The van der Waals surface area contributed by atoms with Gasteiger partial charge in [-0.05, 0) is 25.0 Å². The van der Waals surface area contributed by atoms with Crippen LogP contribution in [0, 0.1) is 0 Å². The molecule has 0 aliphatic carbocycles. The van der Waals surface area contributed by atoms with Gasteiger partial charge in [-0.25, -0.2) is 4.98 Å². The standard InChI is InChI=1S/C18H26N4O2/c1-2-7-17-19-18(21-20-17)16-14-22(11-13-24-16)10-6-12-23-15-8-4-3-5-9-15/h3-5,8-9,16H,2,6-7,10-14H2,1H3,(H,19,20,21)/t16-/m1/s1. The summed E-state index contributed by atoms with van der Waals surface area (Å²) in [6.07, 6.45) is 2.96. The number of benzene rings is 1. The predicted molar refractivity (Wildman–Crippen MR) is 92.1 cm³/mol. The first-order chi connectivity index (χ1) is 11.8. The summed E-state index contributed by atoms with van der Waals surface area (Å²) in [6.45, 7) is 6.38. The maximum absolute atomic E-state index is 5.84. The fraction of sp³-hybridized carbons (Fsp3) is 0.556. The van der Waals surface area contributed by atoms with Crippen molar-refractivity contribution in [2.24, 2.45) is 0 Å². The van der Waals surface area contributed by atoms with Gasteiger partial charge in [0.2, 0.25) is 0 Å². The summed E-state index contributed by atoms with van der Waals surface area (Å²) in [5.74, 6) is 2.66. The van der Waals surface area contributed by atoms with E-state index in [0.717, 1.165) is 69.5 Å². The van der Waals surface area contributed by atoms with E-state index < -0.39 is 0 Å². The molecule has 1 fully saturated rings. The summed E-state index contributed by atoms with van der Waals surface area (Å²) in [5.41, 5.74) is 0. The van der Waals surface area contributed by atoms with Crippen LogP contribution in [-0.2, 0) is 11.2 Å². The van der Waals surface area contributed by atoms with E-state index in [0.29, 0.717) is 0 Å². The molecule has 1 atom stereocenters. The zero-order chi connectivity index (χ0) is 16.6. The highest BCUT2D eigenvalue weighted by molar-refractivity contribution is 5.20. The number of H-pyrrole nitrogens is 1. The van der Waals surface area contributed by atoms with Crippen molar-refractivity contribution < 1.29 is 9.47 Å². The number of hydrogen-bond donors (Lipinski definition) is 1. The lowest BCUT2D eigenvalue weighted by Gasteiger charge is -2.31. The molecule has 0 unspecified atom stereocenters. The Kier molecular flexibility index (Phi) is 6.20. The Hall–Kier alpha value is -1.92. The molecule has 1 aromatic heterocycles. The number of nitrogens with one attached hydrogen (secondary N) is 1. The highest BCUT2D eigenvalue weighted by Crippen LogP contribution is 2.19. The van der Waals surface area contributed by atoms with E-state index >= 15 is 0 Å². The van der Waals surface area contributed by atoms with Crippen LogP contribution in [0.15, 0.2) is 30.3 Å². The summed E-state index contributed by atoms with van der Waals surface area (Å²) in [5, 5.41) is 7.33. The van der Waals surface area contributed by atoms with Crippen molar-refractivity contribution in [2.45, 2.75) is 32.3 Å². The normalized spacial score (nSPS) is 18.6. The van der Waals surface area contributed by atoms with Crippen molar-refractivity contribution in [1.82, 2.24) is 20.1 Å². The number of para-hydroxylation sites is 1. The highest BCUT2D eigenvalue weighted by Gasteiger charge is 2.24. The second kappa shape index (κ2) is 8.80. The number of rotatable bonds is 8. The minimum atomic E-state index is -0.0318. The summed E-state index contributed by atoms with van der Waals surface area (Å²) in [4.78, 5) is 6.95. The predicted octanol–water partition coefficient (Wildman–Crippen LogP) is 2.60. The molecule has 1 aliphatic rings. The molecule has 24 heavy (non-hydrogen) atoms. The molecule has 6 heteroatoms. The van der Waals surface area contributed by atoms with Crippen LogP contribution >= 0.6 is 0 Å². The van der Waals surface area contributed by atoms with Crippen molar-refractivity contribution in [3.05, 3.63) is 42.0 Å². The van der Waals surface area contributed by atoms with Gasteiger partial charge in [0, 0.05) is 26.1 Å². The van der Waals surface area contributed by atoms with Gasteiger partial charge in [-0.15, -0.1) is 0 Å². The van der Waals surface area contributed by atoms with E-state index in [4.69, 9.17) is 9.47 Å². The van der Waals surface area contributed by atoms with Crippen LogP contribution in [0.25, 0.3) is 0 Å². The maximum atomic E-state index is 5.84. The van der Waals surface area contributed by atoms with Crippen LogP contribution in [0.3, 0.4) is 0 Å². The maximum Gasteiger partial charge on any atom is 0.180 e. The average Bonchev–Trinajstić information content (AvgIpc) is 3.09. The first kappa shape index (κ1) is 16.9. The van der Waals surface area contributed by atoms with Crippen LogP contribution in [0.2, 0.25) is 0 Å². The molecule has 2 heterocycles. The Morgan fingerprint density at radius 1 is 1.33 bits per heavy atom. The van der Waals surface area contributed by atoms with Gasteiger partial charge < -0.3 is 9.47 Å². The van der Waals surface area contributed by atoms with Gasteiger partial charge in [0.1, 0.15) is 17.7 Å². The molecule has 1 aliphatic heterocycles. The smallest absolute Gasteiger partial charge is 0.180 e. The van der Waals surface area contributed by atoms with Crippen LogP contribution < -0.4 is 4.74 Å². The Morgan fingerprint density at radius 2 is 2.21 bits per heavy atom. The minimum absolute atomic E-state index is 0.0318. The summed E-state index contributed by atoms with van der Waals surface area (Å²) >= 11 is 0. The highest BCUT2D eigenvalue weighted by atomic mass is 16.5.